The van der Waals surface area contributed by atoms with Crippen LogP contribution in [0.1, 0.15) is 52.6 Å². The molecule has 0 saturated heterocycles. The molecule has 138 valence electrons. The summed E-state index contributed by atoms with van der Waals surface area (Å²) in [4.78, 5) is 41.1. The molecule has 0 saturated carbocycles. The van der Waals surface area contributed by atoms with Crippen LogP contribution in [-0.2, 0) is 9.53 Å². The highest BCUT2D eigenvalue weighted by Crippen LogP contribution is 2.44. The van der Waals surface area contributed by atoms with E-state index in [1.165, 1.54) is 7.11 Å². The molecule has 1 aromatic carbocycles. The van der Waals surface area contributed by atoms with Crippen molar-refractivity contribution in [2.45, 2.75) is 32.1 Å². The summed E-state index contributed by atoms with van der Waals surface area (Å²) in [6.07, 6.45) is 1.71. The van der Waals surface area contributed by atoms with Crippen molar-refractivity contribution in [3.05, 3.63) is 68.6 Å². The first kappa shape index (κ1) is 17.2. The molecule has 2 aliphatic rings. The molecule has 0 amide bonds. The van der Waals surface area contributed by atoms with E-state index in [2.05, 4.69) is 4.98 Å². The summed E-state index contributed by atoms with van der Waals surface area (Å²) in [5.41, 5.74) is 1.17. The van der Waals surface area contributed by atoms with Gasteiger partial charge in [-0.1, -0.05) is 12.1 Å². The molecule has 27 heavy (non-hydrogen) atoms. The first-order valence-electron chi connectivity index (χ1n) is 8.63. The minimum Gasteiger partial charge on any atom is -0.465 e. The lowest BCUT2D eigenvalue weighted by Crippen LogP contribution is -2.30. The molecule has 1 unspecified atom stereocenters. The number of aromatic nitrogens is 1. The summed E-state index contributed by atoms with van der Waals surface area (Å²) in [5, 5.41) is 0. The largest absolute Gasteiger partial charge is 0.465 e. The van der Waals surface area contributed by atoms with Gasteiger partial charge in [0.05, 0.1) is 18.6 Å². The minimum absolute atomic E-state index is 0.0519. The molecule has 2 aromatic rings. The highest BCUT2D eigenvalue weighted by molar-refractivity contribution is 5.99. The zero-order valence-corrected chi connectivity index (χ0v) is 14.9. The predicted molar refractivity (Wildman–Crippen MR) is 93.6 cm³/mol. The van der Waals surface area contributed by atoms with E-state index in [1.54, 1.807) is 31.2 Å². The van der Waals surface area contributed by atoms with E-state index in [4.69, 9.17) is 13.9 Å². The molecule has 0 spiro atoms. The number of rotatable bonds is 2. The Balaban J connectivity index is 1.91. The third kappa shape index (κ3) is 2.85. The molecular formula is C20H17NO6. The fourth-order valence-corrected chi connectivity index (χ4v) is 3.61. The second-order valence-electron chi connectivity index (χ2n) is 6.50. The maximum absolute atomic E-state index is 12.7. The van der Waals surface area contributed by atoms with Gasteiger partial charge in [-0.3, -0.25) is 4.79 Å². The van der Waals surface area contributed by atoms with E-state index < -0.39 is 17.5 Å². The Bertz CT molecular complexity index is 1030. The van der Waals surface area contributed by atoms with Crippen molar-refractivity contribution in [3.63, 3.8) is 0 Å². The Kier molecular flexibility index (Phi) is 4.14. The molecule has 7 heteroatoms. The van der Waals surface area contributed by atoms with Gasteiger partial charge in [0.2, 0.25) is 5.88 Å². The molecule has 0 radical (unpaired) electrons. The fraction of sp³-hybridized carbons (Fsp3) is 0.300. The molecule has 1 aliphatic heterocycles. The third-order valence-electron chi connectivity index (χ3n) is 4.82. The lowest BCUT2D eigenvalue weighted by atomic mass is 9.78. The van der Waals surface area contributed by atoms with Crippen LogP contribution in [0.15, 0.2) is 44.8 Å². The van der Waals surface area contributed by atoms with Crippen molar-refractivity contribution in [1.29, 1.82) is 0 Å². The molecule has 0 fully saturated rings. The molecule has 7 nitrogen and oxygen atoms in total. The van der Waals surface area contributed by atoms with Crippen LogP contribution in [0, 0.1) is 6.92 Å². The second-order valence-corrected chi connectivity index (χ2v) is 6.50. The van der Waals surface area contributed by atoms with Gasteiger partial charge in [-0.25, -0.2) is 9.59 Å². The van der Waals surface area contributed by atoms with Crippen molar-refractivity contribution in [2.75, 3.05) is 7.11 Å². The van der Waals surface area contributed by atoms with E-state index >= 15 is 0 Å². The topological polar surface area (TPSA) is 95.7 Å². The molecule has 2 heterocycles. The van der Waals surface area contributed by atoms with Crippen LogP contribution in [-0.4, -0.2) is 23.8 Å². The van der Waals surface area contributed by atoms with Crippen LogP contribution in [0.2, 0.25) is 0 Å². The van der Waals surface area contributed by atoms with Crippen molar-refractivity contribution >= 4 is 11.8 Å². The maximum atomic E-state index is 12.7. The lowest BCUT2D eigenvalue weighted by molar-refractivity contribution is -0.116. The number of ether oxygens (including phenoxy) is 2. The highest BCUT2D eigenvalue weighted by atomic mass is 16.5. The maximum Gasteiger partial charge on any atom is 0.346 e. The summed E-state index contributed by atoms with van der Waals surface area (Å²) in [6, 6.07) is 6.62. The molecule has 0 N–H and O–H groups in total. The zero-order chi connectivity index (χ0) is 19.1. The number of carbonyl (C=O) groups is 2. The lowest BCUT2D eigenvalue weighted by Gasteiger charge is -2.31. The number of carbonyl (C=O) groups excluding carboxylic acids is 2. The molecule has 4 rings (SSSR count). The Hall–Kier alpha value is -3.22. The van der Waals surface area contributed by atoms with Gasteiger partial charge in [0, 0.05) is 25.3 Å². The van der Waals surface area contributed by atoms with Crippen LogP contribution in [0.3, 0.4) is 0 Å². The van der Waals surface area contributed by atoms with E-state index in [0.717, 1.165) is 0 Å². The summed E-state index contributed by atoms with van der Waals surface area (Å²) in [6.45, 7) is 1.57. The minimum atomic E-state index is -0.632. The Morgan fingerprint density at radius 2 is 1.93 bits per heavy atom. The number of Topliss-reactive ketones (excluding diaryl/α,β-unsaturated/α-hetero) is 1. The van der Waals surface area contributed by atoms with E-state index in [9.17, 15) is 14.4 Å². The van der Waals surface area contributed by atoms with Gasteiger partial charge in [0.15, 0.2) is 11.7 Å². The van der Waals surface area contributed by atoms with Gasteiger partial charge < -0.3 is 13.9 Å². The Morgan fingerprint density at radius 3 is 2.63 bits per heavy atom. The third-order valence-corrected chi connectivity index (χ3v) is 4.82. The van der Waals surface area contributed by atoms with E-state index in [0.29, 0.717) is 41.7 Å². The molecule has 1 aromatic heterocycles. The van der Waals surface area contributed by atoms with Gasteiger partial charge in [-0.2, -0.15) is 4.98 Å². The first-order valence-corrected chi connectivity index (χ1v) is 8.63. The SMILES string of the molecule is COC(=O)c1ccc(C2C3=C(CCCC3=O)Oc3nc(C)oc(=O)c32)cc1. The van der Waals surface area contributed by atoms with Crippen molar-refractivity contribution in [3.8, 4) is 5.88 Å². The van der Waals surface area contributed by atoms with Gasteiger partial charge >= 0.3 is 11.6 Å². The summed E-state index contributed by atoms with van der Waals surface area (Å²) >= 11 is 0. The van der Waals surface area contributed by atoms with Gasteiger partial charge in [-0.15, -0.1) is 0 Å². The van der Waals surface area contributed by atoms with Gasteiger partial charge in [-0.05, 0) is 24.1 Å². The van der Waals surface area contributed by atoms with E-state index in [-0.39, 0.29) is 23.1 Å². The number of hydrogen-bond acceptors (Lipinski definition) is 7. The van der Waals surface area contributed by atoms with Crippen LogP contribution < -0.4 is 10.4 Å². The number of nitrogens with zero attached hydrogens (tertiary/aromatic N) is 1. The number of ketones is 1. The van der Waals surface area contributed by atoms with Crippen LogP contribution >= 0.6 is 0 Å². The second kappa shape index (κ2) is 6.50. The van der Waals surface area contributed by atoms with Crippen LogP contribution in [0.4, 0.5) is 0 Å². The summed E-state index contributed by atoms with van der Waals surface area (Å²) in [5.74, 6) is -0.210. The molecular weight excluding hydrogens is 350 g/mol. The zero-order valence-electron chi connectivity index (χ0n) is 14.9. The van der Waals surface area contributed by atoms with Crippen molar-refractivity contribution < 1.29 is 23.5 Å². The standard InChI is InChI=1S/C20H17NO6/c1-10-21-18-17(20(24)26-10)15(16-13(22)4-3-5-14(16)27-18)11-6-8-12(9-7-11)19(23)25-2/h6-9,15H,3-5H2,1-2H3. The van der Waals surface area contributed by atoms with Crippen LogP contribution in [0.25, 0.3) is 0 Å². The van der Waals surface area contributed by atoms with E-state index in [1.807, 2.05) is 0 Å². The molecule has 1 atom stereocenters. The average molecular weight is 367 g/mol. The van der Waals surface area contributed by atoms with Crippen molar-refractivity contribution in [2.24, 2.45) is 0 Å². The van der Waals surface area contributed by atoms with Gasteiger partial charge in [0.1, 0.15) is 11.3 Å². The number of aryl methyl sites for hydroxylation is 1. The number of benzene rings is 1. The normalized spacial score (nSPS) is 18.4. The fourth-order valence-electron chi connectivity index (χ4n) is 3.61. The van der Waals surface area contributed by atoms with Crippen molar-refractivity contribution in [1.82, 2.24) is 4.98 Å². The van der Waals surface area contributed by atoms with Gasteiger partial charge in [0.25, 0.3) is 0 Å². The Labute approximate surface area is 154 Å². The number of methoxy groups -OCH3 is 1. The molecule has 1 aliphatic carbocycles. The summed E-state index contributed by atoms with van der Waals surface area (Å²) < 4.78 is 15.7. The predicted octanol–water partition coefficient (Wildman–Crippen LogP) is 2.66. The molecule has 0 bridgehead atoms. The summed E-state index contributed by atoms with van der Waals surface area (Å²) in [7, 11) is 1.31. The number of fused-ring (bicyclic) bond motifs is 1. The number of allylic oxidation sites excluding steroid dienone is 2. The quantitative estimate of drug-likeness (QED) is 0.753. The Morgan fingerprint density at radius 1 is 1.19 bits per heavy atom. The smallest absolute Gasteiger partial charge is 0.346 e. The number of hydrogen-bond donors (Lipinski definition) is 0. The monoisotopic (exact) mass is 367 g/mol. The highest BCUT2D eigenvalue weighted by Gasteiger charge is 2.40. The van der Waals surface area contributed by atoms with Crippen LogP contribution in [0.5, 0.6) is 5.88 Å². The average Bonchev–Trinajstić information content (AvgIpc) is 2.66. The first-order chi connectivity index (χ1) is 13.0. The number of esters is 1.